The summed E-state index contributed by atoms with van der Waals surface area (Å²) in [6, 6.07) is 10.3. The minimum Gasteiger partial charge on any atom is -0.192 e. The fourth-order valence-electron chi connectivity index (χ4n) is 2.59. The van der Waals surface area contributed by atoms with E-state index in [1.165, 1.54) is 31.2 Å². The van der Waals surface area contributed by atoms with Crippen LogP contribution in [0, 0.1) is 16.7 Å². The molecule has 0 amide bonds. The zero-order chi connectivity index (χ0) is 11.6. The topological polar surface area (TPSA) is 23.8 Å². The minimum absolute atomic E-state index is 0.517. The van der Waals surface area contributed by atoms with E-state index in [2.05, 4.69) is 32.0 Å². The maximum atomic E-state index is 8.89. The molecule has 1 aliphatic carbocycles. The Morgan fingerprint density at radius 2 is 1.94 bits per heavy atom. The van der Waals surface area contributed by atoms with E-state index >= 15 is 0 Å². The highest BCUT2D eigenvalue weighted by atomic mass is 14.3. The Kier molecular flexibility index (Phi) is 3.01. The third kappa shape index (κ3) is 2.44. The molecule has 0 atom stereocenters. The smallest absolute Gasteiger partial charge is 0.0991 e. The van der Waals surface area contributed by atoms with Crippen LogP contribution in [0.25, 0.3) is 0 Å². The summed E-state index contributed by atoms with van der Waals surface area (Å²) >= 11 is 0. The van der Waals surface area contributed by atoms with Gasteiger partial charge in [-0.1, -0.05) is 26.0 Å². The summed E-state index contributed by atoms with van der Waals surface area (Å²) in [4.78, 5) is 0. The van der Waals surface area contributed by atoms with Crippen LogP contribution < -0.4 is 0 Å². The van der Waals surface area contributed by atoms with Crippen molar-refractivity contribution in [3.63, 3.8) is 0 Å². The summed E-state index contributed by atoms with van der Waals surface area (Å²) in [6.07, 6.45) is 5.13. The van der Waals surface area contributed by atoms with E-state index in [-0.39, 0.29) is 0 Å². The first kappa shape index (κ1) is 11.2. The van der Waals surface area contributed by atoms with Crippen molar-refractivity contribution in [3.05, 3.63) is 35.4 Å². The van der Waals surface area contributed by atoms with E-state index in [9.17, 15) is 0 Å². The van der Waals surface area contributed by atoms with Crippen LogP contribution >= 0.6 is 0 Å². The van der Waals surface area contributed by atoms with Gasteiger partial charge in [0.15, 0.2) is 0 Å². The summed E-state index contributed by atoms with van der Waals surface area (Å²) < 4.78 is 0. The first-order chi connectivity index (χ1) is 7.61. The van der Waals surface area contributed by atoms with Gasteiger partial charge in [0.1, 0.15) is 0 Å². The van der Waals surface area contributed by atoms with Gasteiger partial charge in [-0.2, -0.15) is 5.26 Å². The molecular weight excluding hydrogens is 194 g/mol. The highest BCUT2D eigenvalue weighted by Gasteiger charge is 2.27. The fourth-order valence-corrected chi connectivity index (χ4v) is 2.59. The van der Waals surface area contributed by atoms with Gasteiger partial charge in [-0.3, -0.25) is 0 Å². The first-order valence-electron chi connectivity index (χ1n) is 6.11. The van der Waals surface area contributed by atoms with Gasteiger partial charge >= 0.3 is 0 Å². The zero-order valence-corrected chi connectivity index (χ0v) is 10.2. The number of rotatable bonds is 1. The van der Waals surface area contributed by atoms with Gasteiger partial charge in [-0.25, -0.2) is 0 Å². The van der Waals surface area contributed by atoms with Crippen molar-refractivity contribution in [2.45, 2.75) is 45.4 Å². The number of benzene rings is 1. The molecule has 16 heavy (non-hydrogen) atoms. The average molecular weight is 213 g/mol. The third-order valence-electron chi connectivity index (χ3n) is 3.83. The lowest BCUT2D eigenvalue weighted by Gasteiger charge is -2.34. The van der Waals surface area contributed by atoms with Gasteiger partial charge in [-0.05, 0) is 54.7 Å². The monoisotopic (exact) mass is 213 g/mol. The van der Waals surface area contributed by atoms with E-state index in [0.29, 0.717) is 11.3 Å². The van der Waals surface area contributed by atoms with Gasteiger partial charge in [0.25, 0.3) is 0 Å². The van der Waals surface area contributed by atoms with Crippen LogP contribution in [0.4, 0.5) is 0 Å². The Labute approximate surface area is 98.1 Å². The molecular formula is C15H19N. The molecule has 2 rings (SSSR count). The Balaban J connectivity index is 2.11. The zero-order valence-electron chi connectivity index (χ0n) is 10.2. The molecule has 1 heteroatoms. The molecule has 1 fully saturated rings. The van der Waals surface area contributed by atoms with Gasteiger partial charge in [-0.15, -0.1) is 0 Å². The molecule has 1 nitrogen and oxygen atoms in total. The molecule has 0 aromatic heterocycles. The summed E-state index contributed by atoms with van der Waals surface area (Å²) in [5, 5.41) is 8.89. The summed E-state index contributed by atoms with van der Waals surface area (Å²) in [6.45, 7) is 4.71. The quantitative estimate of drug-likeness (QED) is 0.684. The molecule has 0 bridgehead atoms. The molecule has 84 valence electrons. The normalized spacial score (nSPS) is 20.3. The van der Waals surface area contributed by atoms with Gasteiger partial charge < -0.3 is 0 Å². The second-order valence-corrected chi connectivity index (χ2v) is 5.68. The van der Waals surface area contributed by atoms with Crippen molar-refractivity contribution in [1.82, 2.24) is 0 Å². The highest BCUT2D eigenvalue weighted by Crippen LogP contribution is 2.42. The first-order valence-corrected chi connectivity index (χ1v) is 6.11. The van der Waals surface area contributed by atoms with E-state index in [1.807, 2.05) is 12.1 Å². The number of nitriles is 1. The van der Waals surface area contributed by atoms with Gasteiger partial charge in [0, 0.05) is 0 Å². The molecule has 0 radical (unpaired) electrons. The molecule has 0 N–H and O–H groups in total. The molecule has 0 spiro atoms. The van der Waals surface area contributed by atoms with E-state index in [0.717, 1.165) is 5.56 Å². The van der Waals surface area contributed by atoms with Crippen LogP contribution in [0.15, 0.2) is 24.3 Å². The molecule has 0 aliphatic heterocycles. The Morgan fingerprint density at radius 3 is 2.56 bits per heavy atom. The summed E-state index contributed by atoms with van der Waals surface area (Å²) in [5.41, 5.74) is 2.67. The van der Waals surface area contributed by atoms with Crippen molar-refractivity contribution in [3.8, 4) is 6.07 Å². The maximum Gasteiger partial charge on any atom is 0.0991 e. The van der Waals surface area contributed by atoms with Crippen LogP contribution in [-0.2, 0) is 0 Å². The van der Waals surface area contributed by atoms with Crippen LogP contribution in [0.3, 0.4) is 0 Å². The van der Waals surface area contributed by atoms with Crippen molar-refractivity contribution in [2.24, 2.45) is 5.41 Å². The lowest BCUT2D eigenvalue weighted by Crippen LogP contribution is -2.20. The molecule has 1 aromatic carbocycles. The second-order valence-electron chi connectivity index (χ2n) is 5.68. The molecule has 1 aliphatic rings. The molecule has 1 aromatic rings. The minimum atomic E-state index is 0.517. The highest BCUT2D eigenvalue weighted by molar-refractivity contribution is 5.34. The molecule has 0 unspecified atom stereocenters. The van der Waals surface area contributed by atoms with Crippen LogP contribution in [-0.4, -0.2) is 0 Å². The van der Waals surface area contributed by atoms with Crippen molar-refractivity contribution in [1.29, 1.82) is 5.26 Å². The Morgan fingerprint density at radius 1 is 1.25 bits per heavy atom. The molecule has 1 saturated carbocycles. The standard InChI is InChI=1S/C15H19N/c1-15(2)8-6-13(7-9-15)14-5-3-4-12(10-14)11-16/h3-5,10,13H,6-9H2,1-2H3. The van der Waals surface area contributed by atoms with Crippen molar-refractivity contribution >= 4 is 0 Å². The predicted octanol–water partition coefficient (Wildman–Crippen LogP) is 4.24. The van der Waals surface area contributed by atoms with Gasteiger partial charge in [0.05, 0.1) is 11.6 Å². The lowest BCUT2D eigenvalue weighted by atomic mass is 9.71. The maximum absolute atomic E-state index is 8.89. The SMILES string of the molecule is CC1(C)CCC(c2cccc(C#N)c2)CC1. The largest absolute Gasteiger partial charge is 0.192 e. The Hall–Kier alpha value is -1.29. The van der Waals surface area contributed by atoms with E-state index < -0.39 is 0 Å². The van der Waals surface area contributed by atoms with Crippen molar-refractivity contribution in [2.75, 3.05) is 0 Å². The number of hydrogen-bond donors (Lipinski definition) is 0. The van der Waals surface area contributed by atoms with Crippen LogP contribution in [0.2, 0.25) is 0 Å². The van der Waals surface area contributed by atoms with Crippen LogP contribution in [0.5, 0.6) is 0 Å². The number of hydrogen-bond acceptors (Lipinski definition) is 1. The predicted molar refractivity (Wildman–Crippen MR) is 66.1 cm³/mol. The van der Waals surface area contributed by atoms with Crippen LogP contribution in [0.1, 0.15) is 56.6 Å². The van der Waals surface area contributed by atoms with Gasteiger partial charge in [0.2, 0.25) is 0 Å². The molecule has 0 saturated heterocycles. The second kappa shape index (κ2) is 4.29. The summed E-state index contributed by atoms with van der Waals surface area (Å²) in [7, 11) is 0. The fraction of sp³-hybridized carbons (Fsp3) is 0.533. The average Bonchev–Trinajstić information content (AvgIpc) is 2.29. The number of nitrogens with zero attached hydrogens (tertiary/aromatic N) is 1. The third-order valence-corrected chi connectivity index (χ3v) is 3.83. The lowest BCUT2D eigenvalue weighted by molar-refractivity contribution is 0.224. The van der Waals surface area contributed by atoms with E-state index in [4.69, 9.17) is 5.26 Å². The Bertz CT molecular complexity index is 402. The summed E-state index contributed by atoms with van der Waals surface area (Å²) in [5.74, 6) is 0.668. The molecule has 0 heterocycles. The van der Waals surface area contributed by atoms with Crippen molar-refractivity contribution < 1.29 is 0 Å². The van der Waals surface area contributed by atoms with E-state index in [1.54, 1.807) is 0 Å².